The minimum absolute atomic E-state index is 0.0534. The fourth-order valence-electron chi connectivity index (χ4n) is 9.69. The standard InChI is InChI=1S/C34H38N2O8/c1-7-19-17-36-24-15-21(19)34(32(39)43-6)27(36)16-33(22-14-20(37)9-10-23(22)35(2)30(24)33)31(34)44-28(38)11-8-18-12-25(40-3)29(42-5)26(13-18)41-4/h7-14,21,24,27,30-31,37H,15-17H2,1-6H3/b11-8+,19-7-/t21-,24-,27-,30+,31-,33+,34+/m0/s1. The highest BCUT2D eigenvalue weighted by atomic mass is 16.6. The van der Waals surface area contributed by atoms with Crippen LogP contribution in [0.25, 0.3) is 6.08 Å². The number of benzene rings is 2. The van der Waals surface area contributed by atoms with E-state index in [1.54, 1.807) is 30.3 Å². The van der Waals surface area contributed by atoms with E-state index < -0.39 is 22.9 Å². The number of nitrogens with zero attached hydrogens (tertiary/aromatic N) is 2. The van der Waals surface area contributed by atoms with Crippen molar-refractivity contribution in [2.45, 2.75) is 49.4 Å². The van der Waals surface area contributed by atoms with E-state index in [0.717, 1.165) is 24.2 Å². The summed E-state index contributed by atoms with van der Waals surface area (Å²) in [6, 6.07) is 8.83. The molecule has 1 N–H and O–H groups in total. The predicted octanol–water partition coefficient (Wildman–Crippen LogP) is 3.70. The fraction of sp³-hybridized carbons (Fsp3) is 0.471. The van der Waals surface area contributed by atoms with Crippen LogP contribution in [0.3, 0.4) is 0 Å². The number of phenols is 1. The van der Waals surface area contributed by atoms with Crippen LogP contribution < -0.4 is 19.1 Å². The molecule has 6 aliphatic rings. The molecule has 1 saturated carbocycles. The molecule has 6 bridgehead atoms. The Morgan fingerprint density at radius 1 is 1.05 bits per heavy atom. The van der Waals surface area contributed by atoms with E-state index in [0.29, 0.717) is 29.2 Å². The summed E-state index contributed by atoms with van der Waals surface area (Å²) < 4.78 is 28.6. The van der Waals surface area contributed by atoms with Gasteiger partial charge in [-0.25, -0.2) is 4.79 Å². The molecule has 5 aliphatic heterocycles. The van der Waals surface area contributed by atoms with Crippen LogP contribution in [0.2, 0.25) is 0 Å². The Morgan fingerprint density at radius 2 is 1.77 bits per heavy atom. The van der Waals surface area contributed by atoms with Gasteiger partial charge in [0.25, 0.3) is 0 Å². The fourth-order valence-corrected chi connectivity index (χ4v) is 9.69. The zero-order chi connectivity index (χ0) is 31.1. The summed E-state index contributed by atoms with van der Waals surface area (Å²) in [7, 11) is 8.09. The highest BCUT2D eigenvalue weighted by Gasteiger charge is 2.84. The summed E-state index contributed by atoms with van der Waals surface area (Å²) in [5.74, 6) is 0.465. The molecule has 10 nitrogen and oxygen atoms in total. The van der Waals surface area contributed by atoms with E-state index in [1.165, 1.54) is 40.1 Å². The molecule has 0 amide bonds. The Hall–Kier alpha value is -4.18. The third kappa shape index (κ3) is 3.40. The molecule has 1 unspecified atom stereocenters. The summed E-state index contributed by atoms with van der Waals surface area (Å²) in [4.78, 5) is 32.8. The van der Waals surface area contributed by atoms with E-state index in [4.69, 9.17) is 23.7 Å². The number of allylic oxidation sites excluding steroid dienone is 1. The van der Waals surface area contributed by atoms with Gasteiger partial charge in [0.2, 0.25) is 5.75 Å². The number of likely N-dealkylation sites (N-methyl/N-ethyl adjacent to an activating group) is 1. The average Bonchev–Trinajstić information content (AvgIpc) is 3.42. The Bertz CT molecular complexity index is 1590. The van der Waals surface area contributed by atoms with Crippen LogP contribution in [0.15, 0.2) is 48.1 Å². The lowest BCUT2D eigenvalue weighted by Gasteiger charge is -2.61. The minimum Gasteiger partial charge on any atom is -0.508 e. The van der Waals surface area contributed by atoms with Crippen LogP contribution in [-0.2, 0) is 24.5 Å². The number of ether oxygens (including phenoxy) is 5. The van der Waals surface area contributed by atoms with Crippen LogP contribution >= 0.6 is 0 Å². The Kier molecular flexibility index (Phi) is 6.44. The van der Waals surface area contributed by atoms with Crippen molar-refractivity contribution in [3.05, 3.63) is 59.2 Å². The number of piperidine rings is 4. The van der Waals surface area contributed by atoms with Gasteiger partial charge in [-0.3, -0.25) is 9.69 Å². The largest absolute Gasteiger partial charge is 0.508 e. The van der Waals surface area contributed by atoms with Crippen LogP contribution in [0.4, 0.5) is 5.69 Å². The number of carbonyl (C=O) groups is 2. The normalized spacial score (nSPS) is 34.7. The van der Waals surface area contributed by atoms with Gasteiger partial charge in [0.1, 0.15) is 17.3 Å². The molecule has 1 aliphatic carbocycles. The molecule has 44 heavy (non-hydrogen) atoms. The summed E-state index contributed by atoms with van der Waals surface area (Å²) in [5.41, 5.74) is 1.92. The Labute approximate surface area is 256 Å². The SMILES string of the molecule is C/C=C1/CN2[C@H]3C[C@@]45c6cc(O)ccc6N(C)[C@@H]4[C@@H]2C[C@@H]1[C@]3(C(=O)OC)[C@H]5OC(=O)/C=C/c1cc(OC)c(OC)c(OC)c1. The first-order chi connectivity index (χ1) is 21.2. The molecule has 4 saturated heterocycles. The third-order valence-electron chi connectivity index (χ3n) is 11.1. The van der Waals surface area contributed by atoms with E-state index in [9.17, 15) is 14.7 Å². The lowest BCUT2D eigenvalue weighted by atomic mass is 9.58. The summed E-state index contributed by atoms with van der Waals surface area (Å²) >= 11 is 0. The van der Waals surface area contributed by atoms with Gasteiger partial charge in [-0.1, -0.05) is 11.6 Å². The number of hydrogen-bond acceptors (Lipinski definition) is 10. The monoisotopic (exact) mass is 602 g/mol. The molecular formula is C34H38N2O8. The second-order valence-corrected chi connectivity index (χ2v) is 12.4. The molecule has 232 valence electrons. The van der Waals surface area contributed by atoms with Gasteiger partial charge in [-0.05, 0) is 67.3 Å². The van der Waals surface area contributed by atoms with Crippen LogP contribution in [-0.4, -0.2) is 88.2 Å². The molecule has 10 heteroatoms. The van der Waals surface area contributed by atoms with Gasteiger partial charge in [-0.2, -0.15) is 0 Å². The number of rotatable bonds is 7. The minimum atomic E-state index is -1.09. The smallest absolute Gasteiger partial charge is 0.331 e. The van der Waals surface area contributed by atoms with E-state index in [1.807, 2.05) is 13.0 Å². The first-order valence-corrected chi connectivity index (χ1v) is 14.9. The lowest BCUT2D eigenvalue weighted by molar-refractivity contribution is -0.186. The van der Waals surface area contributed by atoms with Crippen molar-refractivity contribution >= 4 is 23.7 Å². The lowest BCUT2D eigenvalue weighted by Crippen LogP contribution is -2.71. The number of fused-ring (bicyclic) bond motifs is 2. The van der Waals surface area contributed by atoms with Crippen LogP contribution in [0.5, 0.6) is 23.0 Å². The average molecular weight is 603 g/mol. The summed E-state index contributed by atoms with van der Waals surface area (Å²) in [5, 5.41) is 10.7. The zero-order valence-corrected chi connectivity index (χ0v) is 25.8. The first kappa shape index (κ1) is 28.6. The van der Waals surface area contributed by atoms with Gasteiger partial charge < -0.3 is 33.7 Å². The van der Waals surface area contributed by atoms with E-state index in [2.05, 4.69) is 22.9 Å². The van der Waals surface area contributed by atoms with Crippen molar-refractivity contribution < 1.29 is 38.4 Å². The summed E-state index contributed by atoms with van der Waals surface area (Å²) in [6.45, 7) is 2.79. The van der Waals surface area contributed by atoms with Crippen molar-refractivity contribution in [1.82, 2.24) is 4.90 Å². The molecule has 2 aromatic carbocycles. The molecule has 8 rings (SSSR count). The number of methoxy groups -OCH3 is 4. The van der Waals surface area contributed by atoms with Gasteiger partial charge in [0, 0.05) is 43.4 Å². The molecule has 5 fully saturated rings. The van der Waals surface area contributed by atoms with Crippen LogP contribution in [0.1, 0.15) is 30.9 Å². The molecule has 1 spiro atoms. The number of phenolic OH excluding ortho intramolecular Hbond substituents is 1. The Balaban J connectivity index is 1.36. The van der Waals surface area contributed by atoms with Gasteiger partial charge in [0.05, 0.1) is 39.9 Å². The number of carbonyl (C=O) groups excluding carboxylic acids is 2. The van der Waals surface area contributed by atoms with E-state index in [-0.39, 0.29) is 35.8 Å². The maximum Gasteiger partial charge on any atom is 0.331 e. The molecular weight excluding hydrogens is 564 g/mol. The molecule has 0 radical (unpaired) electrons. The van der Waals surface area contributed by atoms with E-state index >= 15 is 0 Å². The van der Waals surface area contributed by atoms with Crippen molar-refractivity contribution in [2.75, 3.05) is 46.9 Å². The van der Waals surface area contributed by atoms with Crippen molar-refractivity contribution in [3.63, 3.8) is 0 Å². The molecule has 2 aromatic rings. The number of esters is 2. The molecule has 5 heterocycles. The second kappa shape index (κ2) is 9.92. The van der Waals surface area contributed by atoms with Crippen molar-refractivity contribution in [2.24, 2.45) is 11.3 Å². The predicted molar refractivity (Wildman–Crippen MR) is 162 cm³/mol. The van der Waals surface area contributed by atoms with Gasteiger partial charge >= 0.3 is 11.9 Å². The zero-order valence-electron chi connectivity index (χ0n) is 25.8. The summed E-state index contributed by atoms with van der Waals surface area (Å²) in [6.07, 6.45) is 5.68. The number of hydrogen-bond donors (Lipinski definition) is 1. The third-order valence-corrected chi connectivity index (χ3v) is 11.1. The Morgan fingerprint density at radius 3 is 2.41 bits per heavy atom. The highest BCUT2D eigenvalue weighted by molar-refractivity contribution is 5.90. The highest BCUT2D eigenvalue weighted by Crippen LogP contribution is 2.73. The second-order valence-electron chi connectivity index (χ2n) is 12.4. The maximum absolute atomic E-state index is 14.2. The molecule has 0 aromatic heterocycles. The van der Waals surface area contributed by atoms with Crippen LogP contribution in [0, 0.1) is 11.3 Å². The maximum atomic E-state index is 14.2. The van der Waals surface area contributed by atoms with Crippen molar-refractivity contribution in [1.29, 1.82) is 0 Å². The number of aromatic hydroxyl groups is 1. The first-order valence-electron chi connectivity index (χ1n) is 14.9. The topological polar surface area (TPSA) is 107 Å². The van der Waals surface area contributed by atoms with Crippen molar-refractivity contribution in [3.8, 4) is 23.0 Å². The quantitative estimate of drug-likeness (QED) is 0.287. The molecule has 8 atom stereocenters. The van der Waals surface area contributed by atoms with Gasteiger partial charge in [0.15, 0.2) is 11.5 Å². The number of anilines is 1. The van der Waals surface area contributed by atoms with Gasteiger partial charge in [-0.15, -0.1) is 0 Å².